The molecule has 21 heavy (non-hydrogen) atoms. The van der Waals surface area contributed by atoms with Crippen LogP contribution in [-0.2, 0) is 0 Å². The fourth-order valence-electron chi connectivity index (χ4n) is 5.56. The average Bonchev–Trinajstić information content (AvgIpc) is 2.04. The minimum Gasteiger partial charge on any atom is -0.337 e. The van der Waals surface area contributed by atoms with Gasteiger partial charge in [0.25, 0.3) is 0 Å². The summed E-state index contributed by atoms with van der Waals surface area (Å²) in [6.07, 6.45) is 7.77. The van der Waals surface area contributed by atoms with Gasteiger partial charge in [-0.2, -0.15) is 0 Å². The first-order valence-electron chi connectivity index (χ1n) is 8.71. The second kappa shape index (κ2) is 5.09. The molecule has 2 rings (SSSR count). The van der Waals surface area contributed by atoms with Crippen LogP contribution in [0, 0.1) is 5.92 Å². The molecule has 122 valence electrons. The molecule has 2 aliphatic heterocycles. The zero-order valence-corrected chi connectivity index (χ0v) is 15.6. The standard InChI is InChI=1S/C19H36N2/c1-16(2)10-14(11-17(3,4)20-16)9-15-12-18(5,6)21-19(7,8)13-15/h9,14,20-21H,10-13H2,1-8H3/p+2. The van der Waals surface area contributed by atoms with Gasteiger partial charge in [0.05, 0.1) is 22.2 Å². The summed E-state index contributed by atoms with van der Waals surface area (Å²) in [5.41, 5.74) is 3.13. The van der Waals surface area contributed by atoms with Crippen LogP contribution < -0.4 is 10.6 Å². The van der Waals surface area contributed by atoms with Crippen LogP contribution in [0.5, 0.6) is 0 Å². The van der Waals surface area contributed by atoms with Crippen molar-refractivity contribution in [3.8, 4) is 0 Å². The lowest BCUT2D eigenvalue weighted by molar-refractivity contribution is -0.789. The molecule has 0 saturated carbocycles. The lowest BCUT2D eigenvalue weighted by atomic mass is 9.73. The van der Waals surface area contributed by atoms with Crippen molar-refractivity contribution in [3.63, 3.8) is 0 Å². The summed E-state index contributed by atoms with van der Waals surface area (Å²) in [6, 6.07) is 0. The van der Waals surface area contributed by atoms with Crippen molar-refractivity contribution in [2.75, 3.05) is 0 Å². The Morgan fingerprint density at radius 3 is 1.52 bits per heavy atom. The van der Waals surface area contributed by atoms with Crippen LogP contribution in [0.15, 0.2) is 11.6 Å². The molecule has 0 aromatic heterocycles. The number of nitrogens with two attached hydrogens (primary N) is 2. The minimum absolute atomic E-state index is 0.347. The van der Waals surface area contributed by atoms with Gasteiger partial charge in [-0.15, -0.1) is 0 Å². The molecule has 0 amide bonds. The summed E-state index contributed by atoms with van der Waals surface area (Å²) in [5.74, 6) is 0.750. The van der Waals surface area contributed by atoms with E-state index in [1.54, 1.807) is 5.57 Å². The van der Waals surface area contributed by atoms with Gasteiger partial charge in [0.1, 0.15) is 0 Å². The Labute approximate surface area is 132 Å². The molecule has 0 unspecified atom stereocenters. The summed E-state index contributed by atoms with van der Waals surface area (Å²) < 4.78 is 0. The fraction of sp³-hybridized carbons (Fsp3) is 0.895. The molecule has 2 nitrogen and oxygen atoms in total. The van der Waals surface area contributed by atoms with Crippen LogP contribution in [0.1, 0.15) is 81.1 Å². The smallest absolute Gasteiger partial charge is 0.0946 e. The van der Waals surface area contributed by atoms with Crippen LogP contribution in [0.2, 0.25) is 0 Å². The molecule has 0 spiro atoms. The number of rotatable bonds is 1. The normalized spacial score (nSPS) is 31.0. The van der Waals surface area contributed by atoms with E-state index in [9.17, 15) is 0 Å². The van der Waals surface area contributed by atoms with Crippen LogP contribution >= 0.6 is 0 Å². The van der Waals surface area contributed by atoms with Crippen LogP contribution in [-0.4, -0.2) is 22.2 Å². The highest BCUT2D eigenvalue weighted by Crippen LogP contribution is 2.33. The Hall–Kier alpha value is -0.340. The van der Waals surface area contributed by atoms with Crippen molar-refractivity contribution in [1.82, 2.24) is 0 Å². The Bertz CT molecular complexity index is 393. The third kappa shape index (κ3) is 4.82. The van der Waals surface area contributed by atoms with E-state index in [0.29, 0.717) is 22.2 Å². The first kappa shape index (κ1) is 17.0. The molecule has 0 radical (unpaired) electrons. The molecule has 2 heteroatoms. The number of hydrogen-bond acceptors (Lipinski definition) is 0. The highest BCUT2D eigenvalue weighted by molar-refractivity contribution is 5.13. The maximum Gasteiger partial charge on any atom is 0.0946 e. The Kier molecular flexibility index (Phi) is 4.13. The first-order valence-corrected chi connectivity index (χ1v) is 8.71. The Balaban J connectivity index is 2.18. The van der Waals surface area contributed by atoms with Crippen LogP contribution in [0.4, 0.5) is 0 Å². The largest absolute Gasteiger partial charge is 0.337 e. The van der Waals surface area contributed by atoms with Gasteiger partial charge in [-0.3, -0.25) is 0 Å². The van der Waals surface area contributed by atoms with E-state index in [-0.39, 0.29) is 0 Å². The summed E-state index contributed by atoms with van der Waals surface area (Å²) in [7, 11) is 0. The van der Waals surface area contributed by atoms with Crippen molar-refractivity contribution in [2.24, 2.45) is 5.92 Å². The van der Waals surface area contributed by atoms with Crippen molar-refractivity contribution < 1.29 is 10.6 Å². The van der Waals surface area contributed by atoms with Crippen molar-refractivity contribution in [3.05, 3.63) is 11.6 Å². The fourth-order valence-corrected chi connectivity index (χ4v) is 5.56. The summed E-state index contributed by atoms with van der Waals surface area (Å²) in [6.45, 7) is 19.2. The quantitative estimate of drug-likeness (QED) is 0.696. The van der Waals surface area contributed by atoms with Crippen molar-refractivity contribution in [2.45, 2.75) is 103 Å². The number of hydrogen-bond donors (Lipinski definition) is 2. The monoisotopic (exact) mass is 294 g/mol. The molecule has 2 fully saturated rings. The van der Waals surface area contributed by atoms with Crippen molar-refractivity contribution in [1.29, 1.82) is 0 Å². The van der Waals surface area contributed by atoms with Crippen molar-refractivity contribution >= 4 is 0 Å². The highest BCUT2D eigenvalue weighted by atomic mass is 15.1. The molecule has 2 saturated heterocycles. The number of quaternary nitrogens is 2. The van der Waals surface area contributed by atoms with Gasteiger partial charge in [0.15, 0.2) is 0 Å². The number of piperidine rings is 2. The molecule has 0 aromatic carbocycles. The zero-order valence-electron chi connectivity index (χ0n) is 15.6. The highest BCUT2D eigenvalue weighted by Gasteiger charge is 2.43. The summed E-state index contributed by atoms with van der Waals surface area (Å²) >= 11 is 0. The third-order valence-corrected chi connectivity index (χ3v) is 4.98. The maximum absolute atomic E-state index is 2.66. The molecule has 0 aromatic rings. The van der Waals surface area contributed by atoms with Crippen LogP contribution in [0.3, 0.4) is 0 Å². The first-order chi connectivity index (χ1) is 9.28. The molecule has 2 aliphatic rings. The molecule has 0 aliphatic carbocycles. The second-order valence-corrected chi connectivity index (χ2v) is 10.6. The second-order valence-electron chi connectivity index (χ2n) is 10.6. The van der Waals surface area contributed by atoms with Gasteiger partial charge in [0.2, 0.25) is 0 Å². The van der Waals surface area contributed by atoms with Gasteiger partial charge in [-0.05, 0) is 61.3 Å². The number of allylic oxidation sites excluding steroid dienone is 1. The van der Waals surface area contributed by atoms with E-state index in [2.05, 4.69) is 72.1 Å². The minimum atomic E-state index is 0.347. The molecule has 0 bridgehead atoms. The summed E-state index contributed by atoms with van der Waals surface area (Å²) in [4.78, 5) is 0. The molecular weight excluding hydrogens is 256 g/mol. The van der Waals surface area contributed by atoms with E-state index in [1.165, 1.54) is 25.7 Å². The molecule has 4 N–H and O–H groups in total. The summed E-state index contributed by atoms with van der Waals surface area (Å²) in [5, 5.41) is 5.15. The van der Waals surface area contributed by atoms with Gasteiger partial charge >= 0.3 is 0 Å². The topological polar surface area (TPSA) is 33.2 Å². The molecule has 2 heterocycles. The maximum atomic E-state index is 2.66. The Morgan fingerprint density at radius 2 is 1.10 bits per heavy atom. The lowest BCUT2D eigenvalue weighted by Crippen LogP contribution is -3.05. The van der Waals surface area contributed by atoms with E-state index < -0.39 is 0 Å². The van der Waals surface area contributed by atoms with Gasteiger partial charge in [0, 0.05) is 25.7 Å². The van der Waals surface area contributed by atoms with Gasteiger partial charge < -0.3 is 10.6 Å². The molecule has 0 atom stereocenters. The van der Waals surface area contributed by atoms with Crippen LogP contribution in [0.25, 0.3) is 0 Å². The zero-order chi connectivity index (χ0) is 16.1. The lowest BCUT2D eigenvalue weighted by Gasteiger charge is -2.44. The predicted octanol–water partition coefficient (Wildman–Crippen LogP) is 2.36. The Morgan fingerprint density at radius 1 is 0.714 bits per heavy atom. The van der Waals surface area contributed by atoms with E-state index in [4.69, 9.17) is 0 Å². The SMILES string of the molecule is CC1(C)CC(=CC2CC(C)(C)[NH2+]C(C)(C)C2)CC(C)(C)[NH2+]1. The average molecular weight is 295 g/mol. The van der Waals surface area contributed by atoms with E-state index in [0.717, 1.165) is 5.92 Å². The predicted molar refractivity (Wildman–Crippen MR) is 90.2 cm³/mol. The van der Waals surface area contributed by atoms with E-state index >= 15 is 0 Å². The third-order valence-electron chi connectivity index (χ3n) is 4.98. The van der Waals surface area contributed by atoms with Gasteiger partial charge in [-0.25, -0.2) is 0 Å². The van der Waals surface area contributed by atoms with Gasteiger partial charge in [-0.1, -0.05) is 11.6 Å². The molecular formula is C19H38N2+2. The van der Waals surface area contributed by atoms with E-state index in [1.807, 2.05) is 0 Å².